The molecule has 3 aromatic heterocycles. The van der Waals surface area contributed by atoms with Crippen LogP contribution in [0, 0.1) is 0 Å². The molecule has 136 valence electrons. The molecule has 0 aromatic carbocycles. The standard InChI is InChI=1S/C19H21ClN4O2/c1-26-14-8-15-16(10-22-19(15)21-9-14)11-6-17(20)24-18(7-11)23-12-2-4-13(25)5-3-12/h6-10,12-13,25H,2-5H2,1H3,(H,21,22)(H,23,24). The van der Waals surface area contributed by atoms with Crippen LogP contribution in [-0.4, -0.2) is 39.3 Å². The largest absolute Gasteiger partial charge is 0.495 e. The van der Waals surface area contributed by atoms with Crippen molar-refractivity contribution in [3.8, 4) is 16.9 Å². The van der Waals surface area contributed by atoms with Crippen molar-refractivity contribution in [1.29, 1.82) is 0 Å². The van der Waals surface area contributed by atoms with Gasteiger partial charge in [-0.2, -0.15) is 0 Å². The summed E-state index contributed by atoms with van der Waals surface area (Å²) in [6, 6.07) is 6.11. The van der Waals surface area contributed by atoms with Gasteiger partial charge in [-0.1, -0.05) is 11.6 Å². The van der Waals surface area contributed by atoms with Crippen LogP contribution in [0.15, 0.2) is 30.6 Å². The van der Waals surface area contributed by atoms with Gasteiger partial charge < -0.3 is 20.1 Å². The molecule has 0 saturated heterocycles. The van der Waals surface area contributed by atoms with Crippen molar-refractivity contribution in [2.75, 3.05) is 12.4 Å². The summed E-state index contributed by atoms with van der Waals surface area (Å²) >= 11 is 6.28. The molecule has 0 spiro atoms. The van der Waals surface area contributed by atoms with Crippen LogP contribution in [0.5, 0.6) is 5.75 Å². The van der Waals surface area contributed by atoms with E-state index in [1.165, 1.54) is 0 Å². The molecule has 0 unspecified atom stereocenters. The number of nitrogens with one attached hydrogen (secondary N) is 2. The summed E-state index contributed by atoms with van der Waals surface area (Å²) in [6.07, 6.45) is 6.93. The average molecular weight is 373 g/mol. The molecular weight excluding hydrogens is 352 g/mol. The second-order valence-electron chi connectivity index (χ2n) is 6.69. The first-order valence-electron chi connectivity index (χ1n) is 8.76. The van der Waals surface area contributed by atoms with E-state index in [4.69, 9.17) is 16.3 Å². The Morgan fingerprint density at radius 1 is 1.23 bits per heavy atom. The summed E-state index contributed by atoms with van der Waals surface area (Å²) in [4.78, 5) is 12.0. The second kappa shape index (κ2) is 7.13. The van der Waals surface area contributed by atoms with Crippen LogP contribution in [0.1, 0.15) is 25.7 Å². The molecule has 6 nitrogen and oxygen atoms in total. The van der Waals surface area contributed by atoms with Crippen LogP contribution < -0.4 is 10.1 Å². The number of fused-ring (bicyclic) bond motifs is 1. The monoisotopic (exact) mass is 372 g/mol. The number of aromatic nitrogens is 3. The third kappa shape index (κ3) is 3.48. The number of aromatic amines is 1. The van der Waals surface area contributed by atoms with E-state index in [0.29, 0.717) is 16.9 Å². The Labute approximate surface area is 156 Å². The molecule has 26 heavy (non-hydrogen) atoms. The van der Waals surface area contributed by atoms with Gasteiger partial charge in [0.25, 0.3) is 0 Å². The number of H-pyrrole nitrogens is 1. The van der Waals surface area contributed by atoms with E-state index in [9.17, 15) is 5.11 Å². The lowest BCUT2D eigenvalue weighted by molar-refractivity contribution is 0.126. The Morgan fingerprint density at radius 2 is 2.04 bits per heavy atom. The van der Waals surface area contributed by atoms with Crippen LogP contribution in [0.3, 0.4) is 0 Å². The highest BCUT2D eigenvalue weighted by Gasteiger charge is 2.20. The molecule has 0 bridgehead atoms. The van der Waals surface area contributed by atoms with Gasteiger partial charge in [-0.15, -0.1) is 0 Å². The molecular formula is C19H21ClN4O2. The summed E-state index contributed by atoms with van der Waals surface area (Å²) in [6.45, 7) is 0. The van der Waals surface area contributed by atoms with Gasteiger partial charge >= 0.3 is 0 Å². The zero-order valence-corrected chi connectivity index (χ0v) is 15.3. The molecule has 1 saturated carbocycles. The molecule has 3 N–H and O–H groups in total. The first-order chi connectivity index (χ1) is 12.6. The molecule has 3 aromatic rings. The molecule has 4 rings (SSSR count). The lowest BCUT2D eigenvalue weighted by Gasteiger charge is -2.26. The predicted molar refractivity (Wildman–Crippen MR) is 103 cm³/mol. The Kier molecular flexibility index (Phi) is 4.70. The minimum Gasteiger partial charge on any atom is -0.495 e. The van der Waals surface area contributed by atoms with Crippen molar-refractivity contribution >= 4 is 28.5 Å². The van der Waals surface area contributed by atoms with Gasteiger partial charge in [0.15, 0.2) is 0 Å². The molecule has 0 radical (unpaired) electrons. The SMILES string of the molecule is COc1cnc2[nH]cc(-c3cc(Cl)nc(NC4CCC(O)CC4)c3)c2c1. The van der Waals surface area contributed by atoms with Crippen LogP contribution in [-0.2, 0) is 0 Å². The zero-order chi connectivity index (χ0) is 18.1. The second-order valence-corrected chi connectivity index (χ2v) is 7.07. The fraction of sp³-hybridized carbons (Fsp3) is 0.368. The number of aliphatic hydroxyl groups is 1. The Bertz CT molecular complexity index is 919. The van der Waals surface area contributed by atoms with Crippen LogP contribution in [0.25, 0.3) is 22.2 Å². The minimum atomic E-state index is -0.176. The number of ether oxygens (including phenoxy) is 1. The van der Waals surface area contributed by atoms with E-state index in [1.807, 2.05) is 24.4 Å². The smallest absolute Gasteiger partial charge is 0.138 e. The summed E-state index contributed by atoms with van der Waals surface area (Å²) in [7, 11) is 1.63. The van der Waals surface area contributed by atoms with Gasteiger partial charge in [0.2, 0.25) is 0 Å². The fourth-order valence-electron chi connectivity index (χ4n) is 3.49. The third-order valence-corrected chi connectivity index (χ3v) is 5.09. The number of nitrogens with zero attached hydrogens (tertiary/aromatic N) is 2. The van der Waals surface area contributed by atoms with Crippen LogP contribution in [0.2, 0.25) is 5.15 Å². The fourth-order valence-corrected chi connectivity index (χ4v) is 3.70. The van der Waals surface area contributed by atoms with Gasteiger partial charge in [-0.05, 0) is 49.4 Å². The topological polar surface area (TPSA) is 83.1 Å². The van der Waals surface area contributed by atoms with Crippen molar-refractivity contribution < 1.29 is 9.84 Å². The van der Waals surface area contributed by atoms with Gasteiger partial charge in [0.05, 0.1) is 19.4 Å². The molecule has 0 aliphatic heterocycles. The van der Waals surface area contributed by atoms with Gasteiger partial charge in [-0.3, -0.25) is 0 Å². The van der Waals surface area contributed by atoms with E-state index in [2.05, 4.69) is 20.3 Å². The maximum Gasteiger partial charge on any atom is 0.138 e. The summed E-state index contributed by atoms with van der Waals surface area (Å²) < 4.78 is 5.29. The highest BCUT2D eigenvalue weighted by molar-refractivity contribution is 6.29. The molecule has 3 heterocycles. The third-order valence-electron chi connectivity index (χ3n) is 4.90. The van der Waals surface area contributed by atoms with Crippen molar-refractivity contribution in [2.45, 2.75) is 37.8 Å². The van der Waals surface area contributed by atoms with Crippen molar-refractivity contribution in [2.24, 2.45) is 0 Å². The van der Waals surface area contributed by atoms with Crippen molar-refractivity contribution in [3.05, 3.63) is 35.7 Å². The molecule has 0 atom stereocenters. The zero-order valence-electron chi connectivity index (χ0n) is 14.5. The number of methoxy groups -OCH3 is 1. The first-order valence-corrected chi connectivity index (χ1v) is 9.14. The van der Waals surface area contributed by atoms with Crippen molar-refractivity contribution in [1.82, 2.24) is 15.0 Å². The Balaban J connectivity index is 1.66. The number of rotatable bonds is 4. The quantitative estimate of drug-likeness (QED) is 0.603. The molecule has 1 aliphatic rings. The Hall–Kier alpha value is -2.31. The number of pyridine rings is 2. The first kappa shape index (κ1) is 17.1. The number of anilines is 1. The molecule has 7 heteroatoms. The summed E-state index contributed by atoms with van der Waals surface area (Å²) in [5.74, 6) is 1.46. The minimum absolute atomic E-state index is 0.176. The molecule has 1 fully saturated rings. The summed E-state index contributed by atoms with van der Waals surface area (Å²) in [5.41, 5.74) is 2.76. The van der Waals surface area contributed by atoms with Crippen molar-refractivity contribution in [3.63, 3.8) is 0 Å². The van der Waals surface area contributed by atoms with E-state index in [-0.39, 0.29) is 6.10 Å². The number of aliphatic hydroxyl groups excluding tert-OH is 1. The van der Waals surface area contributed by atoms with E-state index in [0.717, 1.165) is 53.7 Å². The van der Waals surface area contributed by atoms with Crippen LogP contribution >= 0.6 is 11.6 Å². The van der Waals surface area contributed by atoms with E-state index < -0.39 is 0 Å². The van der Waals surface area contributed by atoms with E-state index in [1.54, 1.807) is 13.3 Å². The van der Waals surface area contributed by atoms with Crippen LogP contribution in [0.4, 0.5) is 5.82 Å². The highest BCUT2D eigenvalue weighted by Crippen LogP contribution is 2.33. The molecule has 0 amide bonds. The average Bonchev–Trinajstić information content (AvgIpc) is 3.06. The van der Waals surface area contributed by atoms with Gasteiger partial charge in [0.1, 0.15) is 22.4 Å². The lowest BCUT2D eigenvalue weighted by Crippen LogP contribution is -2.28. The maximum absolute atomic E-state index is 9.67. The summed E-state index contributed by atoms with van der Waals surface area (Å²) in [5, 5.41) is 14.5. The normalized spacial score (nSPS) is 20.3. The number of halogens is 1. The molecule has 1 aliphatic carbocycles. The number of hydrogen-bond acceptors (Lipinski definition) is 5. The number of hydrogen-bond donors (Lipinski definition) is 3. The lowest BCUT2D eigenvalue weighted by atomic mass is 9.93. The highest BCUT2D eigenvalue weighted by atomic mass is 35.5. The predicted octanol–water partition coefficient (Wildman–Crippen LogP) is 4.00. The Morgan fingerprint density at radius 3 is 2.81 bits per heavy atom. The van der Waals surface area contributed by atoms with Gasteiger partial charge in [-0.25, -0.2) is 9.97 Å². The van der Waals surface area contributed by atoms with Gasteiger partial charge in [0, 0.05) is 23.2 Å². The van der Waals surface area contributed by atoms with E-state index >= 15 is 0 Å². The maximum atomic E-state index is 9.67.